The van der Waals surface area contributed by atoms with E-state index in [4.69, 9.17) is 0 Å². The van der Waals surface area contributed by atoms with Gasteiger partial charge in [-0.1, -0.05) is 49.0 Å². The third-order valence-corrected chi connectivity index (χ3v) is 10.0. The first kappa shape index (κ1) is 30.1. The summed E-state index contributed by atoms with van der Waals surface area (Å²) >= 11 is 0. The summed E-state index contributed by atoms with van der Waals surface area (Å²) in [6, 6.07) is 3.35. The second-order valence-electron chi connectivity index (χ2n) is 9.14. The summed E-state index contributed by atoms with van der Waals surface area (Å²) in [5, 5.41) is 0. The van der Waals surface area contributed by atoms with E-state index in [2.05, 4.69) is 0 Å². The van der Waals surface area contributed by atoms with Crippen LogP contribution in [0.4, 0.5) is 0 Å². The maximum absolute atomic E-state index is 12.8. The van der Waals surface area contributed by atoms with Crippen molar-refractivity contribution in [1.82, 2.24) is 0 Å². The molecule has 9 heteroatoms. The molecule has 1 aromatic rings. The molecule has 0 heterocycles. The van der Waals surface area contributed by atoms with Crippen LogP contribution < -0.4 is 0 Å². The van der Waals surface area contributed by atoms with Crippen LogP contribution in [0, 0.1) is 17.8 Å². The fraction of sp³-hybridized carbons (Fsp3) is 0.727. The smallest absolute Gasteiger partial charge is 0.178 e. The summed E-state index contributed by atoms with van der Waals surface area (Å²) in [6.45, 7) is 11.4. The lowest BCUT2D eigenvalue weighted by molar-refractivity contribution is 0.569. The van der Waals surface area contributed by atoms with Gasteiger partial charge in [0.05, 0.1) is 31.9 Å². The van der Waals surface area contributed by atoms with Gasteiger partial charge in [-0.3, -0.25) is 0 Å². The molecule has 31 heavy (non-hydrogen) atoms. The zero-order valence-corrected chi connectivity index (χ0v) is 21.3. The van der Waals surface area contributed by atoms with Gasteiger partial charge in [0.25, 0.3) is 0 Å². The lowest BCUT2D eigenvalue weighted by Gasteiger charge is -2.14. The van der Waals surface area contributed by atoms with Crippen LogP contribution in [-0.4, -0.2) is 42.5 Å². The average Bonchev–Trinajstić information content (AvgIpc) is 2.63. The van der Waals surface area contributed by atoms with Crippen molar-refractivity contribution in [2.24, 2.45) is 17.8 Å². The molecule has 0 saturated heterocycles. The molecule has 0 atom stereocenters. The highest BCUT2D eigenvalue weighted by Gasteiger charge is 2.26. The van der Waals surface area contributed by atoms with Gasteiger partial charge in [0.15, 0.2) is 29.5 Å². The predicted molar refractivity (Wildman–Crippen MR) is 128 cm³/mol. The molecule has 0 aliphatic rings. The first-order valence-corrected chi connectivity index (χ1v) is 15.4. The predicted octanol–water partition coefficient (Wildman–Crippen LogP) is 4.78. The summed E-state index contributed by atoms with van der Waals surface area (Å²) in [5.74, 6) is -0.0472. The number of rotatable bonds is 12. The van der Waals surface area contributed by atoms with E-state index < -0.39 is 29.5 Å². The standard InChI is InChI=1S/C21H36O6S3.CH4/c1-16(2)7-10-28(22,23)19-13-20(29(24,25)11-8-17(3)4)15-21(14-19)30(26,27)12-9-18(5)6;/h13-18H,7-12H2,1-6H3;1H4. The number of hydrogen-bond donors (Lipinski definition) is 0. The van der Waals surface area contributed by atoms with Crippen LogP contribution in [0.3, 0.4) is 0 Å². The zero-order valence-electron chi connectivity index (χ0n) is 18.9. The third-order valence-electron chi connectivity index (χ3n) is 4.82. The van der Waals surface area contributed by atoms with Crippen molar-refractivity contribution in [1.29, 1.82) is 0 Å². The van der Waals surface area contributed by atoms with Crippen LogP contribution in [0.2, 0.25) is 0 Å². The fourth-order valence-corrected chi connectivity index (χ4v) is 7.73. The van der Waals surface area contributed by atoms with Crippen molar-refractivity contribution in [2.75, 3.05) is 17.3 Å². The van der Waals surface area contributed by atoms with Crippen LogP contribution in [0.1, 0.15) is 68.2 Å². The summed E-state index contributed by atoms with van der Waals surface area (Å²) in [7, 11) is -11.4. The Morgan fingerprint density at radius 1 is 0.516 bits per heavy atom. The van der Waals surface area contributed by atoms with Gasteiger partial charge in [0.1, 0.15) is 0 Å². The van der Waals surface area contributed by atoms with Gasteiger partial charge in [0, 0.05) is 0 Å². The Hall–Kier alpha value is -0.930. The van der Waals surface area contributed by atoms with E-state index in [0.29, 0.717) is 19.3 Å². The minimum absolute atomic E-state index is 0. The molecule has 0 saturated carbocycles. The molecule has 0 fully saturated rings. The van der Waals surface area contributed by atoms with Crippen molar-refractivity contribution in [3.05, 3.63) is 18.2 Å². The van der Waals surface area contributed by atoms with Crippen LogP contribution in [0.5, 0.6) is 0 Å². The molecule has 0 aliphatic carbocycles. The van der Waals surface area contributed by atoms with Gasteiger partial charge in [0.2, 0.25) is 0 Å². The second kappa shape index (κ2) is 11.8. The Morgan fingerprint density at radius 2 is 0.710 bits per heavy atom. The van der Waals surface area contributed by atoms with E-state index in [1.807, 2.05) is 41.5 Å². The zero-order chi connectivity index (χ0) is 23.3. The molecule has 6 nitrogen and oxygen atoms in total. The summed E-state index contributed by atoms with van der Waals surface area (Å²) in [5.41, 5.74) is 0. The Labute approximate surface area is 190 Å². The van der Waals surface area contributed by atoms with Crippen LogP contribution in [-0.2, 0) is 29.5 Å². The van der Waals surface area contributed by atoms with Crippen molar-refractivity contribution >= 4 is 29.5 Å². The number of benzene rings is 1. The van der Waals surface area contributed by atoms with Crippen LogP contribution in [0.25, 0.3) is 0 Å². The van der Waals surface area contributed by atoms with Crippen molar-refractivity contribution < 1.29 is 25.3 Å². The molecule has 0 unspecified atom stereocenters. The Morgan fingerprint density at radius 3 is 0.871 bits per heavy atom. The van der Waals surface area contributed by atoms with Gasteiger partial charge in [-0.2, -0.15) is 0 Å². The van der Waals surface area contributed by atoms with E-state index in [0.717, 1.165) is 18.2 Å². The molecular formula is C22H40O6S3. The van der Waals surface area contributed by atoms with Gasteiger partial charge in [-0.05, 0) is 55.2 Å². The normalized spacial score (nSPS) is 13.1. The van der Waals surface area contributed by atoms with E-state index in [1.54, 1.807) is 0 Å². The Bertz CT molecular complexity index is 873. The SMILES string of the molecule is C.CC(C)CCS(=O)(=O)c1cc(S(=O)(=O)CCC(C)C)cc(S(=O)(=O)CCC(C)C)c1. The first-order chi connectivity index (χ1) is 13.6. The van der Waals surface area contributed by atoms with Gasteiger partial charge in [-0.25, -0.2) is 25.3 Å². The third kappa shape index (κ3) is 9.61. The Kier molecular flexibility index (Phi) is 11.4. The highest BCUT2D eigenvalue weighted by molar-refractivity contribution is 7.93. The van der Waals surface area contributed by atoms with E-state index in [9.17, 15) is 25.3 Å². The lowest BCUT2D eigenvalue weighted by atomic mass is 10.2. The number of sulfone groups is 3. The molecule has 0 aliphatic heterocycles. The number of hydrogen-bond acceptors (Lipinski definition) is 6. The summed E-state index contributed by atoms with van der Waals surface area (Å²) < 4.78 is 77.0. The summed E-state index contributed by atoms with van der Waals surface area (Å²) in [4.78, 5) is -0.717. The Balaban J connectivity index is 0.00000900. The van der Waals surface area contributed by atoms with Crippen LogP contribution in [0.15, 0.2) is 32.9 Å². The van der Waals surface area contributed by atoms with Gasteiger partial charge < -0.3 is 0 Å². The van der Waals surface area contributed by atoms with Crippen molar-refractivity contribution in [3.63, 3.8) is 0 Å². The monoisotopic (exact) mass is 496 g/mol. The van der Waals surface area contributed by atoms with Gasteiger partial charge in [-0.15, -0.1) is 0 Å². The summed E-state index contributed by atoms with van der Waals surface area (Å²) in [6.07, 6.45) is 1.21. The molecular weight excluding hydrogens is 456 g/mol. The topological polar surface area (TPSA) is 102 Å². The molecule has 0 radical (unpaired) electrons. The molecule has 182 valence electrons. The molecule has 0 N–H and O–H groups in total. The minimum atomic E-state index is -3.81. The fourth-order valence-electron chi connectivity index (χ4n) is 2.61. The molecule has 0 bridgehead atoms. The van der Waals surface area contributed by atoms with Crippen LogP contribution >= 0.6 is 0 Å². The maximum Gasteiger partial charge on any atom is 0.178 e. The molecule has 0 spiro atoms. The quantitative estimate of drug-likeness (QED) is 0.412. The minimum Gasteiger partial charge on any atom is -0.224 e. The second-order valence-corrected chi connectivity index (χ2v) is 15.5. The van der Waals surface area contributed by atoms with Gasteiger partial charge >= 0.3 is 0 Å². The molecule has 0 aromatic heterocycles. The first-order valence-electron chi connectivity index (χ1n) is 10.4. The molecule has 0 amide bonds. The van der Waals surface area contributed by atoms with Crippen molar-refractivity contribution in [3.8, 4) is 0 Å². The highest BCUT2D eigenvalue weighted by Crippen LogP contribution is 2.27. The highest BCUT2D eigenvalue weighted by atomic mass is 32.2. The van der Waals surface area contributed by atoms with E-state index in [1.165, 1.54) is 0 Å². The van der Waals surface area contributed by atoms with E-state index >= 15 is 0 Å². The van der Waals surface area contributed by atoms with Crippen molar-refractivity contribution in [2.45, 2.75) is 82.9 Å². The maximum atomic E-state index is 12.8. The molecule has 1 rings (SSSR count). The lowest BCUT2D eigenvalue weighted by Crippen LogP contribution is -2.16. The molecule has 1 aromatic carbocycles. The largest absolute Gasteiger partial charge is 0.224 e. The average molecular weight is 497 g/mol. The van der Waals surface area contributed by atoms with E-state index in [-0.39, 0.29) is 57.1 Å².